The van der Waals surface area contributed by atoms with E-state index in [1.54, 1.807) is 0 Å². The fraction of sp³-hybridized carbons (Fsp3) is 0.0714. The molecule has 110 valence electrons. The van der Waals surface area contributed by atoms with Crippen molar-refractivity contribution in [3.05, 3.63) is 63.1 Å². The smallest absolute Gasteiger partial charge is 0.322 e. The maximum Gasteiger partial charge on any atom is 0.417 e. The molecule has 0 heterocycles. The maximum absolute atomic E-state index is 12.8. The highest BCUT2D eigenvalue weighted by Crippen LogP contribution is 2.36. The van der Waals surface area contributed by atoms with Crippen LogP contribution in [-0.2, 0) is 6.18 Å². The molecule has 1 amide bonds. The minimum Gasteiger partial charge on any atom is -0.322 e. The molecule has 7 heteroatoms. The van der Waals surface area contributed by atoms with Crippen LogP contribution in [-0.4, -0.2) is 5.91 Å². The van der Waals surface area contributed by atoms with Gasteiger partial charge in [0.05, 0.1) is 5.56 Å². The Morgan fingerprint density at radius 2 is 1.71 bits per heavy atom. The first-order valence-electron chi connectivity index (χ1n) is 5.71. The molecule has 0 aliphatic rings. The van der Waals surface area contributed by atoms with Gasteiger partial charge >= 0.3 is 6.18 Å². The molecule has 2 aromatic carbocycles. The fourth-order valence-corrected chi connectivity index (χ4v) is 2.22. The van der Waals surface area contributed by atoms with E-state index < -0.39 is 17.6 Å². The quantitative estimate of drug-likeness (QED) is 0.747. The number of carbonyl (C=O) groups excluding carboxylic acids is 1. The van der Waals surface area contributed by atoms with E-state index in [-0.39, 0.29) is 10.2 Å². The summed E-state index contributed by atoms with van der Waals surface area (Å²) in [6.45, 7) is 0. The Balaban J connectivity index is 2.24. The van der Waals surface area contributed by atoms with Gasteiger partial charge < -0.3 is 5.32 Å². The van der Waals surface area contributed by atoms with Crippen LogP contribution < -0.4 is 5.32 Å². The summed E-state index contributed by atoms with van der Waals surface area (Å²) >= 11 is 8.54. The Hall–Kier alpha value is -1.53. The van der Waals surface area contributed by atoms with E-state index in [1.165, 1.54) is 36.4 Å². The predicted octanol–water partition coefficient (Wildman–Crippen LogP) is 5.37. The number of amides is 1. The van der Waals surface area contributed by atoms with E-state index in [2.05, 4.69) is 21.2 Å². The van der Waals surface area contributed by atoms with Gasteiger partial charge in [0, 0.05) is 20.7 Å². The van der Waals surface area contributed by atoms with E-state index in [9.17, 15) is 18.0 Å². The first-order chi connectivity index (χ1) is 9.77. The molecule has 1 N–H and O–H groups in total. The first-order valence-corrected chi connectivity index (χ1v) is 6.88. The number of benzene rings is 2. The predicted molar refractivity (Wildman–Crippen MR) is 78.5 cm³/mol. The molecule has 0 aliphatic heterocycles. The van der Waals surface area contributed by atoms with Crippen molar-refractivity contribution in [3.63, 3.8) is 0 Å². The van der Waals surface area contributed by atoms with Crippen LogP contribution in [0.1, 0.15) is 15.9 Å². The fourth-order valence-electron chi connectivity index (χ4n) is 1.62. The Kier molecular flexibility index (Phi) is 4.58. The average molecular weight is 379 g/mol. The minimum atomic E-state index is -4.50. The van der Waals surface area contributed by atoms with Crippen molar-refractivity contribution in [1.29, 1.82) is 0 Å². The molecule has 0 unspecified atom stereocenters. The molecule has 0 aliphatic carbocycles. The Bertz CT molecular complexity index is 671. The minimum absolute atomic E-state index is 0.0606. The van der Waals surface area contributed by atoms with E-state index in [4.69, 9.17) is 11.6 Å². The van der Waals surface area contributed by atoms with Crippen molar-refractivity contribution in [2.45, 2.75) is 6.18 Å². The topological polar surface area (TPSA) is 29.1 Å². The monoisotopic (exact) mass is 377 g/mol. The van der Waals surface area contributed by atoms with Crippen LogP contribution in [0.25, 0.3) is 0 Å². The van der Waals surface area contributed by atoms with Gasteiger partial charge in [0.2, 0.25) is 0 Å². The molecule has 2 nitrogen and oxygen atoms in total. The summed E-state index contributed by atoms with van der Waals surface area (Å²) in [5.41, 5.74) is -0.488. The summed E-state index contributed by atoms with van der Waals surface area (Å²) < 4.78 is 38.2. The number of alkyl halides is 3. The third-order valence-electron chi connectivity index (χ3n) is 2.64. The highest BCUT2D eigenvalue weighted by atomic mass is 79.9. The summed E-state index contributed by atoms with van der Waals surface area (Å²) in [4.78, 5) is 11.9. The summed E-state index contributed by atoms with van der Waals surface area (Å²) in [6.07, 6.45) is -4.50. The number of nitrogens with one attached hydrogen (secondary N) is 1. The average Bonchev–Trinajstić information content (AvgIpc) is 2.40. The SMILES string of the molecule is O=C(Nc1ccc(Br)c(C(F)(F)F)c1)c1ccc(Cl)cc1. The second-order valence-corrected chi connectivity index (χ2v) is 5.44. The van der Waals surface area contributed by atoms with Crippen molar-refractivity contribution >= 4 is 39.1 Å². The van der Waals surface area contributed by atoms with Crippen molar-refractivity contribution in [2.75, 3.05) is 5.32 Å². The van der Waals surface area contributed by atoms with Crippen molar-refractivity contribution < 1.29 is 18.0 Å². The second kappa shape index (κ2) is 6.07. The van der Waals surface area contributed by atoms with Crippen LogP contribution in [0, 0.1) is 0 Å². The molecule has 2 rings (SSSR count). The second-order valence-electron chi connectivity index (χ2n) is 4.15. The van der Waals surface area contributed by atoms with Crippen LogP contribution in [0.2, 0.25) is 5.02 Å². The van der Waals surface area contributed by atoms with Crippen LogP contribution in [0.5, 0.6) is 0 Å². The van der Waals surface area contributed by atoms with Gasteiger partial charge in [-0.2, -0.15) is 13.2 Å². The molecular weight excluding hydrogens is 371 g/mol. The van der Waals surface area contributed by atoms with Crippen LogP contribution in [0.4, 0.5) is 18.9 Å². The summed E-state index contributed by atoms with van der Waals surface area (Å²) in [5.74, 6) is -0.512. The lowest BCUT2D eigenvalue weighted by molar-refractivity contribution is -0.138. The Morgan fingerprint density at radius 3 is 2.29 bits per heavy atom. The lowest BCUT2D eigenvalue weighted by Crippen LogP contribution is -2.13. The summed E-state index contributed by atoms with van der Waals surface area (Å²) in [7, 11) is 0. The number of rotatable bonds is 2. The van der Waals surface area contributed by atoms with Gasteiger partial charge in [-0.25, -0.2) is 0 Å². The van der Waals surface area contributed by atoms with Gasteiger partial charge in [-0.3, -0.25) is 4.79 Å². The van der Waals surface area contributed by atoms with Crippen molar-refractivity contribution in [2.24, 2.45) is 0 Å². The standard InChI is InChI=1S/C14H8BrClF3NO/c15-12-6-5-10(7-11(12)14(17,18)19)20-13(21)8-1-3-9(16)4-2-8/h1-7H,(H,20,21). The third kappa shape index (κ3) is 3.98. The van der Waals surface area contributed by atoms with Gasteiger partial charge in [-0.15, -0.1) is 0 Å². The van der Waals surface area contributed by atoms with Crippen LogP contribution >= 0.6 is 27.5 Å². The number of hydrogen-bond donors (Lipinski definition) is 1. The van der Waals surface area contributed by atoms with Crippen LogP contribution in [0.3, 0.4) is 0 Å². The molecular formula is C14H8BrClF3NO. The normalized spacial score (nSPS) is 11.3. The van der Waals surface area contributed by atoms with Gasteiger partial charge in [-0.1, -0.05) is 27.5 Å². The first kappa shape index (κ1) is 15.9. The molecule has 2 aromatic rings. The van der Waals surface area contributed by atoms with Gasteiger partial charge in [0.15, 0.2) is 0 Å². The van der Waals surface area contributed by atoms with E-state index in [1.807, 2.05) is 0 Å². The summed E-state index contributed by atoms with van der Waals surface area (Å²) in [6, 6.07) is 9.52. The zero-order valence-corrected chi connectivity index (χ0v) is 12.7. The third-order valence-corrected chi connectivity index (χ3v) is 3.58. The van der Waals surface area contributed by atoms with E-state index >= 15 is 0 Å². The highest BCUT2D eigenvalue weighted by Gasteiger charge is 2.33. The molecule has 0 radical (unpaired) electrons. The Morgan fingerprint density at radius 1 is 1.10 bits per heavy atom. The number of carbonyl (C=O) groups is 1. The lowest BCUT2D eigenvalue weighted by Gasteiger charge is -2.12. The van der Waals surface area contributed by atoms with E-state index in [0.29, 0.717) is 10.6 Å². The van der Waals surface area contributed by atoms with Crippen molar-refractivity contribution in [3.8, 4) is 0 Å². The molecule has 0 aromatic heterocycles. The van der Waals surface area contributed by atoms with E-state index in [0.717, 1.165) is 6.07 Å². The largest absolute Gasteiger partial charge is 0.417 e. The zero-order valence-electron chi connectivity index (χ0n) is 10.3. The molecule has 0 spiro atoms. The molecule has 0 bridgehead atoms. The lowest BCUT2D eigenvalue weighted by atomic mass is 10.1. The van der Waals surface area contributed by atoms with Crippen molar-refractivity contribution in [1.82, 2.24) is 0 Å². The molecule has 0 fully saturated rings. The molecule has 0 saturated carbocycles. The number of anilines is 1. The molecule has 0 atom stereocenters. The zero-order chi connectivity index (χ0) is 15.6. The van der Waals surface area contributed by atoms with Gasteiger partial charge in [0.25, 0.3) is 5.91 Å². The van der Waals surface area contributed by atoms with Crippen LogP contribution in [0.15, 0.2) is 46.9 Å². The number of hydrogen-bond acceptors (Lipinski definition) is 1. The molecule has 0 saturated heterocycles. The van der Waals surface area contributed by atoms with Gasteiger partial charge in [-0.05, 0) is 42.5 Å². The highest BCUT2D eigenvalue weighted by molar-refractivity contribution is 9.10. The summed E-state index contributed by atoms with van der Waals surface area (Å²) in [5, 5.41) is 2.88. The maximum atomic E-state index is 12.8. The Labute approximate surface area is 132 Å². The number of halogens is 5. The molecule has 21 heavy (non-hydrogen) atoms. The van der Waals surface area contributed by atoms with Gasteiger partial charge in [0.1, 0.15) is 0 Å².